The van der Waals surface area contributed by atoms with Gasteiger partial charge in [-0.1, -0.05) is 18.2 Å². The van der Waals surface area contributed by atoms with Crippen molar-refractivity contribution in [2.45, 2.75) is 0 Å². The Morgan fingerprint density at radius 3 is 2.68 bits per heavy atom. The van der Waals surface area contributed by atoms with Crippen LogP contribution in [0.3, 0.4) is 0 Å². The predicted molar refractivity (Wildman–Crippen MR) is 101 cm³/mol. The van der Waals surface area contributed by atoms with Gasteiger partial charge in [-0.3, -0.25) is 9.79 Å². The lowest BCUT2D eigenvalue weighted by Crippen LogP contribution is -2.43. The molecule has 25 heavy (non-hydrogen) atoms. The number of amides is 1. The second-order valence-electron chi connectivity index (χ2n) is 5.57. The molecule has 5 nitrogen and oxygen atoms in total. The molecule has 1 fully saturated rings. The number of nitrogens with zero attached hydrogens (tertiary/aromatic N) is 2. The largest absolute Gasteiger partial charge is 0.483 e. The maximum atomic E-state index is 12.1. The number of carbonyl (C=O) groups excluding carboxylic acids is 1. The molecule has 0 atom stereocenters. The molecule has 0 N–H and O–H groups in total. The fraction of sp³-hybridized carbons (Fsp3) is 0.263. The maximum Gasteiger partial charge on any atom is 0.260 e. The summed E-state index contributed by atoms with van der Waals surface area (Å²) in [6, 6.07) is 15.4. The molecule has 2 aromatic carbocycles. The molecule has 0 saturated carbocycles. The molecule has 1 amide bonds. The van der Waals surface area contributed by atoms with Crippen LogP contribution in [0.2, 0.25) is 0 Å². The minimum atomic E-state index is -0.0232. The molecule has 1 saturated heterocycles. The minimum Gasteiger partial charge on any atom is -0.483 e. The highest BCUT2D eigenvalue weighted by Crippen LogP contribution is 2.26. The fourth-order valence-electron chi connectivity index (χ4n) is 2.42. The Morgan fingerprint density at radius 2 is 1.96 bits per heavy atom. The van der Waals surface area contributed by atoms with Gasteiger partial charge in [-0.15, -0.1) is 0 Å². The quantitative estimate of drug-likeness (QED) is 0.719. The molecule has 0 radical (unpaired) electrons. The van der Waals surface area contributed by atoms with Gasteiger partial charge in [0.25, 0.3) is 5.91 Å². The Morgan fingerprint density at radius 1 is 1.20 bits per heavy atom. The van der Waals surface area contributed by atoms with Crippen LogP contribution in [0.4, 0.5) is 5.69 Å². The van der Waals surface area contributed by atoms with Gasteiger partial charge in [0.1, 0.15) is 5.75 Å². The van der Waals surface area contributed by atoms with Crippen molar-refractivity contribution < 1.29 is 14.3 Å². The molecule has 0 aromatic heterocycles. The first-order valence-corrected chi connectivity index (χ1v) is 8.89. The maximum absolute atomic E-state index is 12.1. The zero-order chi connectivity index (χ0) is 17.5. The normalized spacial score (nSPS) is 14.7. The summed E-state index contributed by atoms with van der Waals surface area (Å²) in [6.45, 7) is 2.45. The van der Waals surface area contributed by atoms with E-state index in [0.29, 0.717) is 32.1 Å². The predicted octanol–water partition coefficient (Wildman–Crippen LogP) is 3.44. The summed E-state index contributed by atoms with van der Waals surface area (Å²) in [6.07, 6.45) is 1.79. The summed E-state index contributed by atoms with van der Waals surface area (Å²) in [7, 11) is 0. The molecule has 1 aliphatic heterocycles. The van der Waals surface area contributed by atoms with E-state index in [4.69, 9.17) is 9.47 Å². The first-order valence-electron chi connectivity index (χ1n) is 8.09. The van der Waals surface area contributed by atoms with Crippen molar-refractivity contribution >= 4 is 33.7 Å². The van der Waals surface area contributed by atoms with E-state index >= 15 is 0 Å². The van der Waals surface area contributed by atoms with Crippen LogP contribution in [-0.2, 0) is 9.53 Å². The molecule has 0 spiro atoms. The molecular formula is C19H19BrN2O3. The number of benzene rings is 2. The first kappa shape index (κ1) is 17.6. The van der Waals surface area contributed by atoms with E-state index in [1.807, 2.05) is 48.5 Å². The third kappa shape index (κ3) is 5.14. The van der Waals surface area contributed by atoms with Gasteiger partial charge in [0.05, 0.1) is 23.4 Å². The summed E-state index contributed by atoms with van der Waals surface area (Å²) in [4.78, 5) is 18.3. The highest BCUT2D eigenvalue weighted by molar-refractivity contribution is 9.10. The Hall–Kier alpha value is -2.18. The van der Waals surface area contributed by atoms with Crippen molar-refractivity contribution in [3.63, 3.8) is 0 Å². The molecular weight excluding hydrogens is 384 g/mol. The lowest BCUT2D eigenvalue weighted by molar-refractivity contribution is -0.137. The molecule has 0 bridgehead atoms. The number of rotatable bonds is 5. The topological polar surface area (TPSA) is 51.1 Å². The third-order valence-electron chi connectivity index (χ3n) is 3.79. The van der Waals surface area contributed by atoms with E-state index < -0.39 is 0 Å². The van der Waals surface area contributed by atoms with Crippen molar-refractivity contribution in [3.05, 3.63) is 58.6 Å². The van der Waals surface area contributed by atoms with Crippen LogP contribution in [0.1, 0.15) is 5.56 Å². The van der Waals surface area contributed by atoms with Crippen molar-refractivity contribution in [3.8, 4) is 5.75 Å². The van der Waals surface area contributed by atoms with Crippen LogP contribution in [0.15, 0.2) is 58.0 Å². The van der Waals surface area contributed by atoms with Gasteiger partial charge in [-0.2, -0.15) is 0 Å². The van der Waals surface area contributed by atoms with Gasteiger partial charge in [0.15, 0.2) is 6.61 Å². The van der Waals surface area contributed by atoms with Crippen molar-refractivity contribution in [1.82, 2.24) is 4.90 Å². The Balaban J connectivity index is 1.58. The fourth-order valence-corrected chi connectivity index (χ4v) is 2.93. The van der Waals surface area contributed by atoms with Gasteiger partial charge in [0.2, 0.25) is 0 Å². The van der Waals surface area contributed by atoms with E-state index in [-0.39, 0.29) is 12.5 Å². The summed E-state index contributed by atoms with van der Waals surface area (Å²) < 4.78 is 11.7. The Labute approximate surface area is 155 Å². The summed E-state index contributed by atoms with van der Waals surface area (Å²) >= 11 is 3.49. The van der Waals surface area contributed by atoms with E-state index in [1.54, 1.807) is 11.1 Å². The lowest BCUT2D eigenvalue weighted by Gasteiger charge is -2.26. The van der Waals surface area contributed by atoms with Gasteiger partial charge >= 0.3 is 0 Å². The van der Waals surface area contributed by atoms with E-state index in [2.05, 4.69) is 20.9 Å². The van der Waals surface area contributed by atoms with Crippen LogP contribution < -0.4 is 4.74 Å². The summed E-state index contributed by atoms with van der Waals surface area (Å²) in [5.74, 6) is 0.614. The van der Waals surface area contributed by atoms with E-state index in [0.717, 1.165) is 15.7 Å². The molecule has 6 heteroatoms. The van der Waals surface area contributed by atoms with Gasteiger partial charge in [-0.25, -0.2) is 0 Å². The SMILES string of the molecule is O=C(COc1ccc(C=Nc2ccccc2)cc1Br)N1CCOCC1. The molecule has 3 rings (SSSR count). The zero-order valence-electron chi connectivity index (χ0n) is 13.7. The van der Waals surface area contributed by atoms with E-state index in [1.165, 1.54) is 0 Å². The monoisotopic (exact) mass is 402 g/mol. The van der Waals surface area contributed by atoms with Crippen molar-refractivity contribution in [2.24, 2.45) is 4.99 Å². The zero-order valence-corrected chi connectivity index (χ0v) is 15.3. The summed E-state index contributed by atoms with van der Waals surface area (Å²) in [5, 5.41) is 0. The molecule has 130 valence electrons. The molecule has 0 aliphatic carbocycles. The average molecular weight is 403 g/mol. The number of morpholine rings is 1. The number of carbonyl (C=O) groups is 1. The molecule has 0 unspecified atom stereocenters. The van der Waals surface area contributed by atoms with Crippen LogP contribution in [0.5, 0.6) is 5.75 Å². The molecule has 1 aliphatic rings. The number of ether oxygens (including phenoxy) is 2. The molecule has 2 aromatic rings. The Bertz CT molecular complexity index is 744. The van der Waals surface area contributed by atoms with Gasteiger partial charge < -0.3 is 14.4 Å². The second kappa shape index (κ2) is 8.78. The van der Waals surface area contributed by atoms with Crippen molar-refractivity contribution in [2.75, 3.05) is 32.9 Å². The first-order chi connectivity index (χ1) is 12.2. The second-order valence-corrected chi connectivity index (χ2v) is 6.42. The molecule has 1 heterocycles. The van der Waals surface area contributed by atoms with Crippen LogP contribution >= 0.6 is 15.9 Å². The number of aliphatic imine (C=N–C) groups is 1. The van der Waals surface area contributed by atoms with E-state index in [9.17, 15) is 4.79 Å². The number of para-hydroxylation sites is 1. The Kier molecular flexibility index (Phi) is 6.19. The van der Waals surface area contributed by atoms with Gasteiger partial charge in [-0.05, 0) is 51.8 Å². The highest BCUT2D eigenvalue weighted by Gasteiger charge is 2.17. The van der Waals surface area contributed by atoms with Crippen LogP contribution in [0, 0.1) is 0 Å². The standard InChI is InChI=1S/C19H19BrN2O3/c20-17-12-15(13-21-16-4-2-1-3-5-16)6-7-18(17)25-14-19(23)22-8-10-24-11-9-22/h1-7,12-13H,8-11,14H2. The summed E-state index contributed by atoms with van der Waals surface area (Å²) in [5.41, 5.74) is 1.85. The number of hydrogen-bond donors (Lipinski definition) is 0. The van der Waals surface area contributed by atoms with Crippen molar-refractivity contribution in [1.29, 1.82) is 0 Å². The van der Waals surface area contributed by atoms with Gasteiger partial charge in [0, 0.05) is 19.3 Å². The average Bonchev–Trinajstić information content (AvgIpc) is 2.67. The number of halogens is 1. The third-order valence-corrected chi connectivity index (χ3v) is 4.41. The number of hydrogen-bond acceptors (Lipinski definition) is 4. The highest BCUT2D eigenvalue weighted by atomic mass is 79.9. The van der Waals surface area contributed by atoms with Crippen LogP contribution in [-0.4, -0.2) is 49.9 Å². The lowest BCUT2D eigenvalue weighted by atomic mass is 10.2. The minimum absolute atomic E-state index is 0.0232. The van der Waals surface area contributed by atoms with Crippen LogP contribution in [0.25, 0.3) is 0 Å². The smallest absolute Gasteiger partial charge is 0.260 e.